The van der Waals surface area contributed by atoms with E-state index in [4.69, 9.17) is 16.3 Å². The first kappa shape index (κ1) is 13.6. The van der Waals surface area contributed by atoms with Crippen LogP contribution in [-0.4, -0.2) is 6.29 Å². The Labute approximate surface area is 115 Å². The van der Waals surface area contributed by atoms with E-state index in [1.165, 1.54) is 6.07 Å². The van der Waals surface area contributed by atoms with Gasteiger partial charge in [0.1, 0.15) is 18.2 Å². The molecular formula is C15H12ClFO2. The summed E-state index contributed by atoms with van der Waals surface area (Å²) in [5, 5.41) is 0.0451. The second-order valence-electron chi connectivity index (χ2n) is 4.11. The van der Waals surface area contributed by atoms with Gasteiger partial charge in [-0.2, -0.15) is 0 Å². The smallest absolute Gasteiger partial charge is 0.153 e. The molecule has 98 valence electrons. The first-order valence-corrected chi connectivity index (χ1v) is 6.11. The van der Waals surface area contributed by atoms with Gasteiger partial charge in [0.2, 0.25) is 0 Å². The van der Waals surface area contributed by atoms with Gasteiger partial charge in [0.15, 0.2) is 6.29 Å². The summed E-state index contributed by atoms with van der Waals surface area (Å²) in [4.78, 5) is 10.9. The average Bonchev–Trinajstić information content (AvgIpc) is 2.41. The van der Waals surface area contributed by atoms with Crippen LogP contribution in [0.1, 0.15) is 21.5 Å². The first-order chi connectivity index (χ1) is 9.13. The topological polar surface area (TPSA) is 26.3 Å². The third-order valence-electron chi connectivity index (χ3n) is 2.77. The highest BCUT2D eigenvalue weighted by atomic mass is 35.5. The van der Waals surface area contributed by atoms with E-state index in [9.17, 15) is 9.18 Å². The Morgan fingerprint density at radius 1 is 1.26 bits per heavy atom. The van der Waals surface area contributed by atoms with E-state index in [-0.39, 0.29) is 11.6 Å². The first-order valence-electron chi connectivity index (χ1n) is 5.74. The van der Waals surface area contributed by atoms with Gasteiger partial charge in [0.25, 0.3) is 0 Å². The van der Waals surface area contributed by atoms with E-state index in [1.54, 1.807) is 24.3 Å². The Kier molecular flexibility index (Phi) is 4.17. The molecule has 0 aromatic heterocycles. The Morgan fingerprint density at radius 2 is 2.00 bits per heavy atom. The van der Waals surface area contributed by atoms with Crippen molar-refractivity contribution in [3.63, 3.8) is 0 Å². The highest BCUT2D eigenvalue weighted by molar-refractivity contribution is 6.31. The molecule has 0 heterocycles. The van der Waals surface area contributed by atoms with Gasteiger partial charge >= 0.3 is 0 Å². The normalized spacial score (nSPS) is 10.3. The van der Waals surface area contributed by atoms with Crippen molar-refractivity contribution < 1.29 is 13.9 Å². The number of carbonyl (C=O) groups excluding carboxylic acids is 1. The maximum Gasteiger partial charge on any atom is 0.153 e. The molecule has 0 saturated heterocycles. The van der Waals surface area contributed by atoms with E-state index in [0.29, 0.717) is 16.9 Å². The molecule has 0 atom stereocenters. The van der Waals surface area contributed by atoms with E-state index in [1.807, 2.05) is 13.0 Å². The Balaban J connectivity index is 2.24. The third kappa shape index (κ3) is 2.93. The van der Waals surface area contributed by atoms with Crippen LogP contribution in [0.2, 0.25) is 5.02 Å². The quantitative estimate of drug-likeness (QED) is 0.784. The number of aldehydes is 1. The Morgan fingerprint density at radius 3 is 2.74 bits per heavy atom. The molecule has 0 spiro atoms. The number of ether oxygens (including phenoxy) is 1. The van der Waals surface area contributed by atoms with Gasteiger partial charge in [0.05, 0.1) is 10.6 Å². The molecule has 19 heavy (non-hydrogen) atoms. The van der Waals surface area contributed by atoms with Crippen LogP contribution < -0.4 is 4.74 Å². The second kappa shape index (κ2) is 5.85. The predicted octanol–water partition coefficient (Wildman–Crippen LogP) is 4.18. The minimum absolute atomic E-state index is 0.0451. The van der Waals surface area contributed by atoms with Gasteiger partial charge in [-0.25, -0.2) is 4.39 Å². The SMILES string of the molecule is Cc1cccc(C=O)c1OCc1cccc(F)c1Cl. The van der Waals surface area contributed by atoms with Crippen LogP contribution in [0, 0.1) is 12.7 Å². The van der Waals surface area contributed by atoms with Crippen LogP contribution in [-0.2, 0) is 6.61 Å². The lowest BCUT2D eigenvalue weighted by atomic mass is 10.1. The fourth-order valence-electron chi connectivity index (χ4n) is 1.77. The molecule has 0 N–H and O–H groups in total. The lowest BCUT2D eigenvalue weighted by Gasteiger charge is -2.12. The molecule has 2 aromatic rings. The van der Waals surface area contributed by atoms with Crippen molar-refractivity contribution >= 4 is 17.9 Å². The maximum absolute atomic E-state index is 13.3. The lowest BCUT2D eigenvalue weighted by Crippen LogP contribution is -2.01. The van der Waals surface area contributed by atoms with Crippen molar-refractivity contribution in [1.29, 1.82) is 0 Å². The van der Waals surface area contributed by atoms with Gasteiger partial charge in [-0.15, -0.1) is 0 Å². The molecule has 0 radical (unpaired) electrons. The predicted molar refractivity (Wildman–Crippen MR) is 72.3 cm³/mol. The zero-order valence-corrected chi connectivity index (χ0v) is 11.1. The summed E-state index contributed by atoms with van der Waals surface area (Å²) in [6.07, 6.45) is 0.732. The average molecular weight is 279 g/mol. The van der Waals surface area contributed by atoms with Gasteiger partial charge in [-0.1, -0.05) is 35.9 Å². The monoisotopic (exact) mass is 278 g/mol. The van der Waals surface area contributed by atoms with Crippen molar-refractivity contribution in [2.75, 3.05) is 0 Å². The fourth-order valence-corrected chi connectivity index (χ4v) is 1.96. The fraction of sp³-hybridized carbons (Fsp3) is 0.133. The standard InChI is InChI=1S/C15H12ClFO2/c1-10-4-2-5-11(8-18)15(10)19-9-12-6-3-7-13(17)14(12)16/h2-8H,9H2,1H3. The molecule has 0 bridgehead atoms. The van der Waals surface area contributed by atoms with E-state index in [2.05, 4.69) is 0 Å². The summed E-state index contributed by atoms with van der Waals surface area (Å²) in [6, 6.07) is 9.83. The summed E-state index contributed by atoms with van der Waals surface area (Å²) in [5.74, 6) is 0.0148. The van der Waals surface area contributed by atoms with Crippen molar-refractivity contribution in [3.05, 3.63) is 63.9 Å². The maximum atomic E-state index is 13.3. The van der Waals surface area contributed by atoms with Crippen molar-refractivity contribution in [3.8, 4) is 5.75 Å². The minimum Gasteiger partial charge on any atom is -0.488 e. The summed E-state index contributed by atoms with van der Waals surface area (Å²) in [7, 11) is 0. The number of halogens is 2. The summed E-state index contributed by atoms with van der Waals surface area (Å²) in [5.41, 5.74) is 1.85. The molecule has 0 aliphatic heterocycles. The van der Waals surface area contributed by atoms with Crippen LogP contribution in [0.15, 0.2) is 36.4 Å². The molecule has 0 aliphatic rings. The van der Waals surface area contributed by atoms with E-state index in [0.717, 1.165) is 11.8 Å². The zero-order chi connectivity index (χ0) is 13.8. The van der Waals surface area contributed by atoms with E-state index >= 15 is 0 Å². The van der Waals surface area contributed by atoms with Crippen molar-refractivity contribution in [1.82, 2.24) is 0 Å². The largest absolute Gasteiger partial charge is 0.488 e. The van der Waals surface area contributed by atoms with Gasteiger partial charge in [-0.3, -0.25) is 4.79 Å². The summed E-state index contributed by atoms with van der Waals surface area (Å²) in [6.45, 7) is 1.96. The number of carbonyl (C=O) groups is 1. The van der Waals surface area contributed by atoms with Crippen molar-refractivity contribution in [2.45, 2.75) is 13.5 Å². The molecule has 4 heteroatoms. The summed E-state index contributed by atoms with van der Waals surface area (Å²) >= 11 is 5.85. The highest BCUT2D eigenvalue weighted by Gasteiger charge is 2.09. The van der Waals surface area contributed by atoms with Crippen LogP contribution in [0.3, 0.4) is 0 Å². The highest BCUT2D eigenvalue weighted by Crippen LogP contribution is 2.25. The Bertz CT molecular complexity index is 611. The van der Waals surface area contributed by atoms with E-state index < -0.39 is 5.82 Å². The van der Waals surface area contributed by atoms with Crippen molar-refractivity contribution in [2.24, 2.45) is 0 Å². The number of hydrogen-bond acceptors (Lipinski definition) is 2. The Hall–Kier alpha value is -1.87. The third-order valence-corrected chi connectivity index (χ3v) is 3.20. The molecule has 0 aliphatic carbocycles. The molecule has 0 fully saturated rings. The van der Waals surface area contributed by atoms with Gasteiger partial charge in [0, 0.05) is 5.56 Å². The van der Waals surface area contributed by atoms with Crippen LogP contribution in [0.25, 0.3) is 0 Å². The number of para-hydroxylation sites is 1. The van der Waals surface area contributed by atoms with Crippen LogP contribution >= 0.6 is 11.6 Å². The molecule has 2 rings (SSSR count). The molecule has 0 saturated carbocycles. The molecule has 2 nitrogen and oxygen atoms in total. The molecular weight excluding hydrogens is 267 g/mol. The zero-order valence-electron chi connectivity index (χ0n) is 10.3. The number of benzene rings is 2. The van der Waals surface area contributed by atoms with Gasteiger partial charge in [-0.05, 0) is 24.6 Å². The number of hydrogen-bond donors (Lipinski definition) is 0. The lowest BCUT2D eigenvalue weighted by molar-refractivity contribution is 0.111. The van der Waals surface area contributed by atoms with Crippen LogP contribution in [0.5, 0.6) is 5.75 Å². The molecule has 0 amide bonds. The van der Waals surface area contributed by atoms with Crippen LogP contribution in [0.4, 0.5) is 4.39 Å². The molecule has 0 unspecified atom stereocenters. The number of rotatable bonds is 4. The minimum atomic E-state index is -0.483. The second-order valence-corrected chi connectivity index (χ2v) is 4.49. The summed E-state index contributed by atoms with van der Waals surface area (Å²) < 4.78 is 18.9. The molecule has 2 aromatic carbocycles. The van der Waals surface area contributed by atoms with Gasteiger partial charge < -0.3 is 4.74 Å². The number of aryl methyl sites for hydroxylation is 1.